The summed E-state index contributed by atoms with van der Waals surface area (Å²) in [5, 5.41) is 0.780. The number of nitrogens with zero attached hydrogens (tertiary/aromatic N) is 2. The van der Waals surface area contributed by atoms with Crippen molar-refractivity contribution < 1.29 is 14.3 Å². The number of esters is 1. The summed E-state index contributed by atoms with van der Waals surface area (Å²) in [5.74, 6) is -0.934. The first-order valence-electron chi connectivity index (χ1n) is 8.58. The number of aryl methyl sites for hydroxylation is 1. The van der Waals surface area contributed by atoms with Crippen molar-refractivity contribution in [3.05, 3.63) is 56.7 Å². The molecule has 1 amide bonds. The number of hydrogen-bond acceptors (Lipinski definition) is 7. The van der Waals surface area contributed by atoms with E-state index in [9.17, 15) is 14.4 Å². The Labute approximate surface area is 169 Å². The van der Waals surface area contributed by atoms with Gasteiger partial charge in [-0.15, -0.1) is 11.3 Å². The van der Waals surface area contributed by atoms with Crippen LogP contribution in [0.4, 0.5) is 0 Å². The first-order chi connectivity index (χ1) is 13.4. The lowest BCUT2D eigenvalue weighted by Gasteiger charge is -2.12. The van der Waals surface area contributed by atoms with Crippen LogP contribution in [-0.2, 0) is 16.1 Å². The third-order valence-electron chi connectivity index (χ3n) is 4.05. The molecule has 0 unspecified atom stereocenters. The molecule has 0 aliphatic carbocycles. The Morgan fingerprint density at radius 3 is 2.64 bits per heavy atom. The number of hydrogen-bond donors (Lipinski definition) is 1. The first-order valence-corrected chi connectivity index (χ1v) is 10.4. The summed E-state index contributed by atoms with van der Waals surface area (Å²) < 4.78 is 6.48. The molecule has 0 spiro atoms. The number of rotatable bonds is 7. The van der Waals surface area contributed by atoms with Gasteiger partial charge in [0, 0.05) is 0 Å². The second kappa shape index (κ2) is 8.57. The molecule has 0 bridgehead atoms. The maximum atomic E-state index is 13.2. The van der Waals surface area contributed by atoms with E-state index in [1.54, 1.807) is 13.8 Å². The van der Waals surface area contributed by atoms with Crippen molar-refractivity contribution in [1.82, 2.24) is 9.55 Å². The number of amides is 1. The number of carbonyl (C=O) groups is 2. The lowest BCUT2D eigenvalue weighted by molar-refractivity contribution is -0.139. The number of ether oxygens (including phenoxy) is 1. The van der Waals surface area contributed by atoms with Gasteiger partial charge in [-0.2, -0.15) is 0 Å². The maximum absolute atomic E-state index is 13.2. The maximum Gasteiger partial charge on any atom is 0.316 e. The Bertz CT molecular complexity index is 1090. The van der Waals surface area contributed by atoms with Crippen LogP contribution in [0.3, 0.4) is 0 Å². The van der Waals surface area contributed by atoms with Gasteiger partial charge in [0.05, 0.1) is 29.2 Å². The van der Waals surface area contributed by atoms with E-state index in [1.807, 2.05) is 30.3 Å². The molecular formula is C19H19N3O4S2. The highest BCUT2D eigenvalue weighted by molar-refractivity contribution is 7.99. The molecule has 146 valence electrons. The SMILES string of the molecule is CCOC(=O)CSc1nc2sc(C(N)=O)c(C)c2c(=O)n1Cc1ccccc1. The summed E-state index contributed by atoms with van der Waals surface area (Å²) in [6.07, 6.45) is 0. The van der Waals surface area contributed by atoms with Gasteiger partial charge in [0.2, 0.25) is 0 Å². The number of nitrogens with two attached hydrogens (primary N) is 1. The zero-order valence-corrected chi connectivity index (χ0v) is 17.1. The van der Waals surface area contributed by atoms with Crippen molar-refractivity contribution in [1.29, 1.82) is 0 Å². The molecule has 0 saturated carbocycles. The molecule has 2 N–H and O–H groups in total. The van der Waals surface area contributed by atoms with E-state index in [1.165, 1.54) is 4.57 Å². The molecule has 7 nitrogen and oxygen atoms in total. The second-order valence-electron chi connectivity index (χ2n) is 5.97. The molecule has 0 aliphatic rings. The van der Waals surface area contributed by atoms with E-state index in [0.717, 1.165) is 28.7 Å². The van der Waals surface area contributed by atoms with Crippen LogP contribution in [-0.4, -0.2) is 33.8 Å². The van der Waals surface area contributed by atoms with Crippen LogP contribution in [0.2, 0.25) is 0 Å². The van der Waals surface area contributed by atoms with Crippen LogP contribution in [0.1, 0.15) is 27.7 Å². The fourth-order valence-corrected chi connectivity index (χ4v) is 4.65. The Morgan fingerprint density at radius 1 is 1.29 bits per heavy atom. The van der Waals surface area contributed by atoms with Gasteiger partial charge < -0.3 is 10.5 Å². The minimum atomic E-state index is -0.588. The highest BCUT2D eigenvalue weighted by Crippen LogP contribution is 2.29. The summed E-state index contributed by atoms with van der Waals surface area (Å²) in [5.41, 5.74) is 6.62. The molecule has 9 heteroatoms. The zero-order valence-electron chi connectivity index (χ0n) is 15.4. The van der Waals surface area contributed by atoms with Crippen molar-refractivity contribution >= 4 is 45.2 Å². The fourth-order valence-electron chi connectivity index (χ4n) is 2.77. The first kappa shape index (κ1) is 20.1. The van der Waals surface area contributed by atoms with Gasteiger partial charge in [0.15, 0.2) is 5.16 Å². The minimum Gasteiger partial charge on any atom is -0.465 e. The van der Waals surface area contributed by atoms with Gasteiger partial charge in [-0.3, -0.25) is 19.0 Å². The topological polar surface area (TPSA) is 104 Å². The smallest absolute Gasteiger partial charge is 0.316 e. The molecular weight excluding hydrogens is 398 g/mol. The minimum absolute atomic E-state index is 0.0353. The summed E-state index contributed by atoms with van der Waals surface area (Å²) >= 11 is 2.23. The number of thioether (sulfide) groups is 1. The Morgan fingerprint density at radius 2 is 2.00 bits per heavy atom. The van der Waals surface area contributed by atoms with Crippen LogP contribution in [0.15, 0.2) is 40.3 Å². The molecule has 2 aromatic heterocycles. The van der Waals surface area contributed by atoms with E-state index in [4.69, 9.17) is 10.5 Å². The third-order valence-corrected chi connectivity index (χ3v) is 6.20. The van der Waals surface area contributed by atoms with Gasteiger partial charge >= 0.3 is 5.97 Å². The molecule has 0 radical (unpaired) electrons. The molecule has 0 atom stereocenters. The van der Waals surface area contributed by atoms with Crippen molar-refractivity contribution in [3.63, 3.8) is 0 Å². The molecule has 3 rings (SSSR count). The van der Waals surface area contributed by atoms with Crippen LogP contribution < -0.4 is 11.3 Å². The van der Waals surface area contributed by atoms with Crippen LogP contribution in [0, 0.1) is 6.92 Å². The summed E-state index contributed by atoms with van der Waals surface area (Å²) in [7, 11) is 0. The van der Waals surface area contributed by atoms with E-state index in [0.29, 0.717) is 32.4 Å². The predicted molar refractivity (Wildman–Crippen MR) is 110 cm³/mol. The van der Waals surface area contributed by atoms with Gasteiger partial charge in [-0.25, -0.2) is 4.98 Å². The highest BCUT2D eigenvalue weighted by atomic mass is 32.2. The van der Waals surface area contributed by atoms with Gasteiger partial charge in [0.1, 0.15) is 4.83 Å². The lowest BCUT2D eigenvalue weighted by atomic mass is 10.2. The average Bonchev–Trinajstić information content (AvgIpc) is 3.00. The van der Waals surface area contributed by atoms with Crippen LogP contribution in [0.25, 0.3) is 10.2 Å². The van der Waals surface area contributed by atoms with Gasteiger partial charge in [-0.1, -0.05) is 42.1 Å². The Hall–Kier alpha value is -2.65. The van der Waals surface area contributed by atoms with E-state index < -0.39 is 5.91 Å². The molecule has 3 aromatic rings. The van der Waals surface area contributed by atoms with Crippen molar-refractivity contribution in [2.24, 2.45) is 5.73 Å². The zero-order chi connectivity index (χ0) is 20.3. The average molecular weight is 418 g/mol. The molecule has 0 saturated heterocycles. The number of aromatic nitrogens is 2. The largest absolute Gasteiger partial charge is 0.465 e. The molecule has 0 fully saturated rings. The predicted octanol–water partition coefficient (Wildman–Crippen LogP) is 2.57. The highest BCUT2D eigenvalue weighted by Gasteiger charge is 2.21. The van der Waals surface area contributed by atoms with E-state index in [2.05, 4.69) is 4.98 Å². The van der Waals surface area contributed by atoms with Crippen molar-refractivity contribution in [2.45, 2.75) is 25.5 Å². The number of thiophene rings is 1. The van der Waals surface area contributed by atoms with Crippen molar-refractivity contribution in [3.8, 4) is 0 Å². The number of carbonyl (C=O) groups excluding carboxylic acids is 2. The van der Waals surface area contributed by atoms with Crippen LogP contribution in [0.5, 0.6) is 0 Å². The fraction of sp³-hybridized carbons (Fsp3) is 0.263. The second-order valence-corrected chi connectivity index (χ2v) is 7.91. The third kappa shape index (κ3) is 4.10. The van der Waals surface area contributed by atoms with Crippen molar-refractivity contribution in [2.75, 3.05) is 12.4 Å². The molecule has 2 heterocycles. The summed E-state index contributed by atoms with van der Waals surface area (Å²) in [6, 6.07) is 9.49. The molecule has 28 heavy (non-hydrogen) atoms. The summed E-state index contributed by atoms with van der Waals surface area (Å²) in [4.78, 5) is 42.0. The van der Waals surface area contributed by atoms with Crippen LogP contribution >= 0.6 is 23.1 Å². The lowest BCUT2D eigenvalue weighted by Crippen LogP contribution is -2.24. The Balaban J connectivity index is 2.12. The monoisotopic (exact) mass is 417 g/mol. The van der Waals surface area contributed by atoms with E-state index >= 15 is 0 Å². The standard InChI is InChI=1S/C19H19N3O4S2/c1-3-26-13(23)10-27-19-21-17-14(11(2)15(28-17)16(20)24)18(25)22(19)9-12-7-5-4-6-8-12/h4-8H,3,9-10H2,1-2H3,(H2,20,24). The molecule has 0 aliphatic heterocycles. The molecule has 1 aromatic carbocycles. The number of primary amides is 1. The van der Waals surface area contributed by atoms with Gasteiger partial charge in [-0.05, 0) is 25.0 Å². The normalized spacial score (nSPS) is 10.9. The van der Waals surface area contributed by atoms with E-state index in [-0.39, 0.29) is 23.9 Å². The van der Waals surface area contributed by atoms with Gasteiger partial charge in [0.25, 0.3) is 11.5 Å². The quantitative estimate of drug-likeness (QED) is 0.360. The Kier molecular flexibility index (Phi) is 6.15. The summed E-state index contributed by atoms with van der Waals surface area (Å²) in [6.45, 7) is 4.02. The number of benzene rings is 1. The number of fused-ring (bicyclic) bond motifs is 1.